The monoisotopic (exact) mass is 460 g/mol. The molecule has 0 amide bonds. The molecular weight excluding hydrogens is 435 g/mol. The van der Waals surface area contributed by atoms with Crippen LogP contribution in [-0.2, 0) is 10.0 Å². The first-order chi connectivity index (χ1) is 10.1. The minimum Gasteiger partial charge on any atom is -0.357 e. The van der Waals surface area contributed by atoms with E-state index >= 15 is 0 Å². The Morgan fingerprint density at radius 2 is 2.05 bits per heavy atom. The van der Waals surface area contributed by atoms with E-state index in [4.69, 9.17) is 0 Å². The van der Waals surface area contributed by atoms with Gasteiger partial charge in [-0.05, 0) is 24.8 Å². The molecule has 0 aliphatic rings. The molecular formula is C13H25IN4O2S2. The summed E-state index contributed by atoms with van der Waals surface area (Å²) in [6.45, 7) is 6.47. The third-order valence-electron chi connectivity index (χ3n) is 2.60. The van der Waals surface area contributed by atoms with Crippen molar-refractivity contribution in [2.75, 3.05) is 26.2 Å². The highest BCUT2D eigenvalue weighted by Gasteiger charge is 2.13. The van der Waals surface area contributed by atoms with Gasteiger partial charge in [0, 0.05) is 26.2 Å². The fraction of sp³-hybridized carbons (Fsp3) is 0.615. The lowest BCUT2D eigenvalue weighted by Gasteiger charge is -2.11. The highest BCUT2D eigenvalue weighted by atomic mass is 127. The quantitative estimate of drug-likeness (QED) is 0.228. The SMILES string of the molecule is CCCCN=C(NCC)NCCNS(=O)(=O)c1cccs1.I. The highest BCUT2D eigenvalue weighted by Crippen LogP contribution is 2.14. The second-order valence-corrected chi connectivity index (χ2v) is 7.31. The molecule has 22 heavy (non-hydrogen) atoms. The first-order valence-corrected chi connectivity index (χ1v) is 9.51. The third kappa shape index (κ3) is 8.30. The van der Waals surface area contributed by atoms with Crippen molar-refractivity contribution in [1.29, 1.82) is 0 Å². The van der Waals surface area contributed by atoms with E-state index in [1.807, 2.05) is 6.92 Å². The van der Waals surface area contributed by atoms with Crippen LogP contribution in [0.1, 0.15) is 26.7 Å². The number of aliphatic imine (C=N–C) groups is 1. The summed E-state index contributed by atoms with van der Waals surface area (Å²) in [4.78, 5) is 4.41. The summed E-state index contributed by atoms with van der Waals surface area (Å²) in [5.41, 5.74) is 0. The van der Waals surface area contributed by atoms with Gasteiger partial charge in [-0.2, -0.15) is 0 Å². The van der Waals surface area contributed by atoms with Crippen LogP contribution in [0.3, 0.4) is 0 Å². The second kappa shape index (κ2) is 12.1. The van der Waals surface area contributed by atoms with Gasteiger partial charge in [-0.1, -0.05) is 19.4 Å². The average molecular weight is 460 g/mol. The summed E-state index contributed by atoms with van der Waals surface area (Å²) < 4.78 is 26.7. The third-order valence-corrected chi connectivity index (χ3v) is 5.45. The van der Waals surface area contributed by atoms with Gasteiger partial charge in [-0.3, -0.25) is 4.99 Å². The molecule has 0 aliphatic heterocycles. The minimum absolute atomic E-state index is 0. The van der Waals surface area contributed by atoms with Gasteiger partial charge in [0.1, 0.15) is 4.21 Å². The van der Waals surface area contributed by atoms with Crippen LogP contribution in [-0.4, -0.2) is 40.6 Å². The number of nitrogens with one attached hydrogen (secondary N) is 3. The van der Waals surface area contributed by atoms with Crippen LogP contribution in [0, 0.1) is 0 Å². The number of thiophene rings is 1. The molecule has 128 valence electrons. The summed E-state index contributed by atoms with van der Waals surface area (Å²) in [5, 5.41) is 7.99. The number of rotatable bonds is 9. The number of hydrogen-bond acceptors (Lipinski definition) is 4. The van der Waals surface area contributed by atoms with Gasteiger partial charge in [-0.25, -0.2) is 13.1 Å². The van der Waals surface area contributed by atoms with Crippen molar-refractivity contribution in [3.63, 3.8) is 0 Å². The molecule has 1 aromatic rings. The molecule has 0 fully saturated rings. The van der Waals surface area contributed by atoms with Crippen LogP contribution in [0.4, 0.5) is 0 Å². The summed E-state index contributed by atoms with van der Waals surface area (Å²) in [6.07, 6.45) is 2.14. The number of unbranched alkanes of at least 4 members (excludes halogenated alkanes) is 1. The topological polar surface area (TPSA) is 82.6 Å². The van der Waals surface area contributed by atoms with Crippen LogP contribution in [0.15, 0.2) is 26.7 Å². The van der Waals surface area contributed by atoms with E-state index in [1.54, 1.807) is 17.5 Å². The molecule has 6 nitrogen and oxygen atoms in total. The highest BCUT2D eigenvalue weighted by molar-refractivity contribution is 14.0. The molecule has 0 saturated heterocycles. The van der Waals surface area contributed by atoms with Gasteiger partial charge in [0.25, 0.3) is 0 Å². The van der Waals surface area contributed by atoms with Crippen LogP contribution >= 0.6 is 35.3 Å². The number of halogens is 1. The Bertz CT molecular complexity index is 518. The lowest BCUT2D eigenvalue weighted by molar-refractivity contribution is 0.582. The van der Waals surface area contributed by atoms with Gasteiger partial charge in [0.05, 0.1) is 0 Å². The lowest BCUT2D eigenvalue weighted by atomic mass is 10.3. The normalized spacial score (nSPS) is 11.8. The fourth-order valence-electron chi connectivity index (χ4n) is 1.54. The van der Waals surface area contributed by atoms with Crippen molar-refractivity contribution in [1.82, 2.24) is 15.4 Å². The van der Waals surface area contributed by atoms with Crippen molar-refractivity contribution in [2.24, 2.45) is 4.99 Å². The Labute approximate surface area is 154 Å². The van der Waals surface area contributed by atoms with Gasteiger partial charge in [0.15, 0.2) is 5.96 Å². The molecule has 0 atom stereocenters. The maximum Gasteiger partial charge on any atom is 0.250 e. The molecule has 0 spiro atoms. The van der Waals surface area contributed by atoms with Crippen molar-refractivity contribution in [3.8, 4) is 0 Å². The zero-order valence-corrected chi connectivity index (χ0v) is 16.9. The maximum absolute atomic E-state index is 11.9. The fourth-order valence-corrected chi connectivity index (χ4v) is 3.61. The van der Waals surface area contributed by atoms with E-state index in [0.29, 0.717) is 17.3 Å². The van der Waals surface area contributed by atoms with E-state index < -0.39 is 10.0 Å². The van der Waals surface area contributed by atoms with E-state index in [-0.39, 0.29) is 24.0 Å². The maximum atomic E-state index is 11.9. The van der Waals surface area contributed by atoms with Crippen LogP contribution < -0.4 is 15.4 Å². The van der Waals surface area contributed by atoms with E-state index in [2.05, 4.69) is 27.3 Å². The summed E-state index contributed by atoms with van der Waals surface area (Å²) in [5.74, 6) is 0.723. The zero-order valence-electron chi connectivity index (χ0n) is 13.0. The summed E-state index contributed by atoms with van der Waals surface area (Å²) in [6, 6.07) is 3.32. The predicted molar refractivity (Wildman–Crippen MR) is 104 cm³/mol. The van der Waals surface area contributed by atoms with Crippen molar-refractivity contribution < 1.29 is 8.42 Å². The Morgan fingerprint density at radius 1 is 1.27 bits per heavy atom. The molecule has 0 unspecified atom stereocenters. The molecule has 1 rings (SSSR count). The number of hydrogen-bond donors (Lipinski definition) is 3. The molecule has 3 N–H and O–H groups in total. The van der Waals surface area contributed by atoms with E-state index in [9.17, 15) is 8.42 Å². The molecule has 9 heteroatoms. The van der Waals surface area contributed by atoms with Gasteiger partial charge < -0.3 is 10.6 Å². The molecule has 0 aliphatic carbocycles. The molecule has 1 heterocycles. The number of nitrogens with zero attached hydrogens (tertiary/aromatic N) is 1. The first kappa shape index (κ1) is 21.6. The number of guanidine groups is 1. The molecule has 1 aromatic heterocycles. The van der Waals surface area contributed by atoms with Crippen LogP contribution in [0.5, 0.6) is 0 Å². The second-order valence-electron chi connectivity index (χ2n) is 4.37. The molecule has 0 saturated carbocycles. The molecule has 0 aromatic carbocycles. The minimum atomic E-state index is -3.38. The summed E-state index contributed by atoms with van der Waals surface area (Å²) in [7, 11) is -3.38. The Kier molecular flexibility index (Phi) is 11.9. The van der Waals surface area contributed by atoms with Gasteiger partial charge >= 0.3 is 0 Å². The smallest absolute Gasteiger partial charge is 0.250 e. The Morgan fingerprint density at radius 3 is 2.64 bits per heavy atom. The van der Waals surface area contributed by atoms with E-state index in [1.165, 1.54) is 11.3 Å². The van der Waals surface area contributed by atoms with E-state index in [0.717, 1.165) is 31.9 Å². The standard InChI is InChI=1S/C13H24N4O2S2.HI/c1-3-5-8-15-13(14-4-2)16-9-10-17-21(18,19)12-7-6-11-20-12;/h6-7,11,17H,3-5,8-10H2,1-2H3,(H2,14,15,16);1H. The largest absolute Gasteiger partial charge is 0.357 e. The van der Waals surface area contributed by atoms with Crippen molar-refractivity contribution in [2.45, 2.75) is 30.9 Å². The molecule has 0 radical (unpaired) electrons. The summed E-state index contributed by atoms with van der Waals surface area (Å²) >= 11 is 1.21. The van der Waals surface area contributed by atoms with Crippen molar-refractivity contribution >= 4 is 51.3 Å². The zero-order chi connectivity index (χ0) is 15.6. The van der Waals surface area contributed by atoms with Crippen molar-refractivity contribution in [3.05, 3.63) is 17.5 Å². The van der Waals surface area contributed by atoms with Crippen LogP contribution in [0.2, 0.25) is 0 Å². The van der Waals surface area contributed by atoms with Gasteiger partial charge in [0.2, 0.25) is 10.0 Å². The predicted octanol–water partition coefficient (Wildman–Crippen LogP) is 2.00. The average Bonchev–Trinajstić information content (AvgIpc) is 2.98. The van der Waals surface area contributed by atoms with Crippen LogP contribution in [0.25, 0.3) is 0 Å². The molecule has 0 bridgehead atoms. The van der Waals surface area contributed by atoms with Gasteiger partial charge in [-0.15, -0.1) is 35.3 Å². The lowest BCUT2D eigenvalue weighted by Crippen LogP contribution is -2.41. The Balaban J connectivity index is 0.00000441. The first-order valence-electron chi connectivity index (χ1n) is 7.15. The number of sulfonamides is 1. The Hall–Kier alpha value is -0.390.